The zero-order valence-electron chi connectivity index (χ0n) is 20.8. The minimum absolute atomic E-state index is 0.0184. The number of pyridine rings is 1. The first-order valence-electron chi connectivity index (χ1n) is 11.7. The van der Waals surface area contributed by atoms with Gasteiger partial charge < -0.3 is 19.3 Å². The number of Topliss-reactive ketones (excluding diaryl/α,β-unsaturated/α-hetero) is 2. The number of ketones is 2. The molecule has 0 fully saturated rings. The third-order valence-electron chi connectivity index (χ3n) is 5.61. The zero-order chi connectivity index (χ0) is 26.2. The Morgan fingerprint density at radius 1 is 0.944 bits per heavy atom. The number of hydrogen-bond donors (Lipinski definition) is 1. The molecular weight excluding hydrogens is 465 g/mol. The Balaban J connectivity index is 1.75. The number of methoxy groups -OCH3 is 2. The highest BCUT2D eigenvalue weighted by Crippen LogP contribution is 2.31. The molecule has 3 rings (SSSR count). The molecule has 1 aromatic heterocycles. The molecule has 36 heavy (non-hydrogen) atoms. The summed E-state index contributed by atoms with van der Waals surface area (Å²) < 4.78 is 30.1. The number of aliphatic hydroxyl groups is 1. The van der Waals surface area contributed by atoms with Gasteiger partial charge in [0.2, 0.25) is 0 Å². The number of carbonyl (C=O) groups is 2. The average Bonchev–Trinajstić information content (AvgIpc) is 2.90. The molecule has 3 aromatic rings. The number of aliphatic hydroxyl groups excluding tert-OH is 1. The molecule has 0 aliphatic rings. The van der Waals surface area contributed by atoms with E-state index in [0.717, 1.165) is 0 Å². The van der Waals surface area contributed by atoms with E-state index in [-0.39, 0.29) is 42.5 Å². The molecule has 1 heterocycles. The van der Waals surface area contributed by atoms with E-state index in [1.165, 1.54) is 20.3 Å². The van der Waals surface area contributed by atoms with Gasteiger partial charge in [0.05, 0.1) is 20.3 Å². The molecule has 0 aliphatic heterocycles. The first kappa shape index (κ1) is 26.8. The molecule has 190 valence electrons. The fraction of sp³-hybridized carbons (Fsp3) is 0.321. The first-order valence-corrected chi connectivity index (χ1v) is 11.7. The van der Waals surface area contributed by atoms with Gasteiger partial charge in [0.15, 0.2) is 23.1 Å². The molecule has 0 radical (unpaired) electrons. The SMILES string of the molecule is CCc1cc(-c2nc(C(=O)CCC(=O)c3ccc(OCC(C)O)c(OC)c3)ccc2OC)ccc1F. The molecule has 0 bridgehead atoms. The number of benzene rings is 2. The summed E-state index contributed by atoms with van der Waals surface area (Å²) in [5, 5.41) is 9.40. The minimum atomic E-state index is -0.647. The summed E-state index contributed by atoms with van der Waals surface area (Å²) in [6.07, 6.45) is -0.189. The molecule has 0 spiro atoms. The van der Waals surface area contributed by atoms with Crippen LogP contribution in [-0.2, 0) is 6.42 Å². The topological polar surface area (TPSA) is 95.0 Å². The number of ether oxygens (including phenoxy) is 3. The van der Waals surface area contributed by atoms with Gasteiger partial charge >= 0.3 is 0 Å². The summed E-state index contributed by atoms with van der Waals surface area (Å²) in [6.45, 7) is 3.55. The molecule has 8 heteroatoms. The van der Waals surface area contributed by atoms with E-state index in [9.17, 15) is 19.1 Å². The Kier molecular flexibility index (Phi) is 9.13. The number of carbonyl (C=O) groups excluding carboxylic acids is 2. The van der Waals surface area contributed by atoms with Crippen LogP contribution in [0.4, 0.5) is 4.39 Å². The van der Waals surface area contributed by atoms with Crippen LogP contribution in [0.2, 0.25) is 0 Å². The quantitative estimate of drug-likeness (QED) is 0.351. The molecule has 1 N–H and O–H groups in total. The van der Waals surface area contributed by atoms with Gasteiger partial charge in [-0.3, -0.25) is 9.59 Å². The molecule has 7 nitrogen and oxygen atoms in total. The van der Waals surface area contributed by atoms with Gasteiger partial charge in [0.1, 0.15) is 29.6 Å². The Labute approximate surface area is 209 Å². The largest absolute Gasteiger partial charge is 0.494 e. The van der Waals surface area contributed by atoms with Crippen LogP contribution in [0.15, 0.2) is 48.5 Å². The highest BCUT2D eigenvalue weighted by Gasteiger charge is 2.18. The summed E-state index contributed by atoms with van der Waals surface area (Å²) >= 11 is 0. The van der Waals surface area contributed by atoms with Crippen molar-refractivity contribution in [3.05, 3.63) is 71.2 Å². The van der Waals surface area contributed by atoms with Crippen LogP contribution in [0.3, 0.4) is 0 Å². The Bertz CT molecular complexity index is 1240. The average molecular weight is 496 g/mol. The van der Waals surface area contributed by atoms with Gasteiger partial charge in [-0.25, -0.2) is 9.37 Å². The van der Waals surface area contributed by atoms with E-state index in [2.05, 4.69) is 4.98 Å². The zero-order valence-corrected chi connectivity index (χ0v) is 20.8. The van der Waals surface area contributed by atoms with Crippen LogP contribution in [0.25, 0.3) is 11.3 Å². The number of rotatable bonds is 12. The maximum atomic E-state index is 14.0. The lowest BCUT2D eigenvalue weighted by Gasteiger charge is -2.13. The van der Waals surface area contributed by atoms with Crippen LogP contribution in [-0.4, -0.2) is 48.6 Å². The molecule has 0 saturated carbocycles. The number of halogens is 1. The minimum Gasteiger partial charge on any atom is -0.494 e. The van der Waals surface area contributed by atoms with Crippen LogP contribution < -0.4 is 14.2 Å². The van der Waals surface area contributed by atoms with Crippen LogP contribution in [0.1, 0.15) is 53.1 Å². The molecule has 0 saturated heterocycles. The van der Waals surface area contributed by atoms with Crippen LogP contribution in [0.5, 0.6) is 17.2 Å². The van der Waals surface area contributed by atoms with Gasteiger partial charge in [0, 0.05) is 24.0 Å². The van der Waals surface area contributed by atoms with E-state index >= 15 is 0 Å². The smallest absolute Gasteiger partial charge is 0.181 e. The predicted octanol–water partition coefficient (Wildman–Crippen LogP) is 5.07. The van der Waals surface area contributed by atoms with Gasteiger partial charge in [-0.05, 0) is 67.4 Å². The summed E-state index contributed by atoms with van der Waals surface area (Å²) in [5.41, 5.74) is 2.19. The van der Waals surface area contributed by atoms with E-state index in [1.54, 1.807) is 49.4 Å². The summed E-state index contributed by atoms with van der Waals surface area (Å²) in [5.74, 6) is 0.400. The molecule has 2 aromatic carbocycles. The number of nitrogens with zero attached hydrogens (tertiary/aromatic N) is 1. The van der Waals surface area contributed by atoms with Crippen molar-refractivity contribution in [2.45, 2.75) is 39.2 Å². The van der Waals surface area contributed by atoms with Crippen molar-refractivity contribution in [3.8, 4) is 28.5 Å². The maximum absolute atomic E-state index is 14.0. The summed E-state index contributed by atoms with van der Waals surface area (Å²) in [7, 11) is 2.96. The second-order valence-electron chi connectivity index (χ2n) is 8.28. The monoisotopic (exact) mass is 495 g/mol. The normalized spacial score (nSPS) is 11.6. The molecule has 1 atom stereocenters. The Morgan fingerprint density at radius 2 is 1.64 bits per heavy atom. The molecule has 0 amide bonds. The van der Waals surface area contributed by atoms with Crippen molar-refractivity contribution in [1.82, 2.24) is 4.98 Å². The number of aromatic nitrogens is 1. The van der Waals surface area contributed by atoms with E-state index in [1.807, 2.05) is 6.92 Å². The maximum Gasteiger partial charge on any atom is 0.181 e. The molecule has 0 aliphatic carbocycles. The second-order valence-corrected chi connectivity index (χ2v) is 8.28. The fourth-order valence-electron chi connectivity index (χ4n) is 3.64. The predicted molar refractivity (Wildman–Crippen MR) is 134 cm³/mol. The summed E-state index contributed by atoms with van der Waals surface area (Å²) in [4.78, 5) is 30.1. The van der Waals surface area contributed by atoms with Crippen LogP contribution >= 0.6 is 0 Å². The van der Waals surface area contributed by atoms with Crippen molar-refractivity contribution in [1.29, 1.82) is 0 Å². The van der Waals surface area contributed by atoms with E-state index in [0.29, 0.717) is 46.1 Å². The third-order valence-corrected chi connectivity index (χ3v) is 5.61. The standard InChI is InChI=1S/C28H30FNO6/c1-5-18-14-20(6-8-21(18)29)28-26(34-3)13-9-22(30-28)24(33)11-10-23(32)19-7-12-25(27(15-19)35-4)36-16-17(2)31/h6-9,12-15,17,31H,5,10-11,16H2,1-4H3. The Morgan fingerprint density at radius 3 is 2.31 bits per heavy atom. The van der Waals surface area contributed by atoms with Crippen molar-refractivity contribution in [3.63, 3.8) is 0 Å². The number of hydrogen-bond acceptors (Lipinski definition) is 7. The lowest BCUT2D eigenvalue weighted by atomic mass is 10.0. The lowest BCUT2D eigenvalue weighted by Crippen LogP contribution is -2.13. The highest BCUT2D eigenvalue weighted by atomic mass is 19.1. The van der Waals surface area contributed by atoms with E-state index in [4.69, 9.17) is 14.2 Å². The van der Waals surface area contributed by atoms with Crippen molar-refractivity contribution in [2.75, 3.05) is 20.8 Å². The fourth-order valence-corrected chi connectivity index (χ4v) is 3.64. The van der Waals surface area contributed by atoms with Crippen LogP contribution in [0, 0.1) is 5.82 Å². The molecule has 1 unspecified atom stereocenters. The van der Waals surface area contributed by atoms with Gasteiger partial charge in [0.25, 0.3) is 0 Å². The first-order chi connectivity index (χ1) is 17.3. The van der Waals surface area contributed by atoms with Gasteiger partial charge in [-0.2, -0.15) is 0 Å². The van der Waals surface area contributed by atoms with Crippen molar-refractivity contribution in [2.24, 2.45) is 0 Å². The second kappa shape index (κ2) is 12.3. The summed E-state index contributed by atoms with van der Waals surface area (Å²) in [6, 6.07) is 12.6. The molecular formula is C28H30FNO6. The van der Waals surface area contributed by atoms with Crippen molar-refractivity contribution >= 4 is 11.6 Å². The van der Waals surface area contributed by atoms with E-state index < -0.39 is 6.10 Å². The van der Waals surface area contributed by atoms with Gasteiger partial charge in [-0.15, -0.1) is 0 Å². The highest BCUT2D eigenvalue weighted by molar-refractivity contribution is 6.02. The van der Waals surface area contributed by atoms with Gasteiger partial charge in [-0.1, -0.05) is 6.92 Å². The third kappa shape index (κ3) is 6.46. The van der Waals surface area contributed by atoms with Crippen molar-refractivity contribution < 1.29 is 33.3 Å². The lowest BCUT2D eigenvalue weighted by molar-refractivity contribution is 0.0914. The Hall–Kier alpha value is -3.78. The number of aryl methyl sites for hydroxylation is 1.